The summed E-state index contributed by atoms with van der Waals surface area (Å²) in [6.07, 6.45) is 0. The molecule has 1 amide bonds. The molecule has 0 saturated heterocycles. The zero-order valence-electron chi connectivity index (χ0n) is 18.4. The van der Waals surface area contributed by atoms with Crippen molar-refractivity contribution in [3.63, 3.8) is 0 Å². The van der Waals surface area contributed by atoms with Gasteiger partial charge in [0.05, 0.1) is 29.1 Å². The topological polar surface area (TPSA) is 73.2 Å². The third-order valence-electron chi connectivity index (χ3n) is 5.23. The smallest absolute Gasteiger partial charge is 0.340 e. The maximum Gasteiger partial charge on any atom is 0.340 e. The van der Waals surface area contributed by atoms with E-state index in [0.717, 1.165) is 18.7 Å². The van der Waals surface area contributed by atoms with Gasteiger partial charge in [-0.25, -0.2) is 13.9 Å². The van der Waals surface area contributed by atoms with Crippen LogP contribution in [0, 0.1) is 12.7 Å². The first kappa shape index (κ1) is 24.7. The normalized spacial score (nSPS) is 10.8. The summed E-state index contributed by atoms with van der Waals surface area (Å²) in [5.74, 6) is -2.22. The SMILES string of the molecule is COC(=O)c1ccc(NC(=O)c2nn(-c3ccc(Cl)cc3Cl)c(-c3ccc(Cl)cc3)c2C)cc1F. The van der Waals surface area contributed by atoms with Gasteiger partial charge in [-0.05, 0) is 55.5 Å². The minimum atomic E-state index is -0.827. The van der Waals surface area contributed by atoms with Crippen molar-refractivity contribution < 1.29 is 18.7 Å². The average Bonchev–Trinajstić information content (AvgIpc) is 3.16. The summed E-state index contributed by atoms with van der Waals surface area (Å²) < 4.78 is 20.4. The number of hydrogen-bond donors (Lipinski definition) is 1. The fraction of sp³-hybridized carbons (Fsp3) is 0.0800. The van der Waals surface area contributed by atoms with Crippen molar-refractivity contribution in [3.05, 3.63) is 98.4 Å². The number of esters is 1. The molecule has 1 aromatic heterocycles. The summed E-state index contributed by atoms with van der Waals surface area (Å²) in [4.78, 5) is 24.8. The van der Waals surface area contributed by atoms with Crippen molar-refractivity contribution >= 4 is 52.4 Å². The van der Waals surface area contributed by atoms with Crippen LogP contribution in [0.5, 0.6) is 0 Å². The van der Waals surface area contributed by atoms with E-state index in [4.69, 9.17) is 34.8 Å². The lowest BCUT2D eigenvalue weighted by Crippen LogP contribution is -2.15. The Morgan fingerprint density at radius 3 is 2.29 bits per heavy atom. The number of aromatic nitrogens is 2. The molecule has 35 heavy (non-hydrogen) atoms. The first-order valence-corrected chi connectivity index (χ1v) is 11.3. The molecule has 0 fully saturated rings. The summed E-state index contributed by atoms with van der Waals surface area (Å²) in [5.41, 5.74) is 2.43. The molecule has 0 saturated carbocycles. The maximum absolute atomic E-state index is 14.3. The zero-order chi connectivity index (χ0) is 25.3. The number of nitrogens with zero attached hydrogens (tertiary/aromatic N) is 2. The number of methoxy groups -OCH3 is 1. The quantitative estimate of drug-likeness (QED) is 0.281. The van der Waals surface area contributed by atoms with Crippen molar-refractivity contribution in [2.24, 2.45) is 0 Å². The van der Waals surface area contributed by atoms with Gasteiger partial charge in [-0.2, -0.15) is 5.10 Å². The second kappa shape index (κ2) is 10.1. The van der Waals surface area contributed by atoms with Gasteiger partial charge in [-0.3, -0.25) is 4.79 Å². The molecule has 0 aliphatic rings. The van der Waals surface area contributed by atoms with Gasteiger partial charge in [-0.1, -0.05) is 46.9 Å². The summed E-state index contributed by atoms with van der Waals surface area (Å²) in [7, 11) is 1.15. The van der Waals surface area contributed by atoms with Gasteiger partial charge in [0.2, 0.25) is 0 Å². The molecule has 0 unspecified atom stereocenters. The maximum atomic E-state index is 14.3. The first-order valence-electron chi connectivity index (χ1n) is 10.2. The lowest BCUT2D eigenvalue weighted by molar-refractivity contribution is 0.0595. The highest BCUT2D eigenvalue weighted by molar-refractivity contribution is 6.35. The van der Waals surface area contributed by atoms with Crippen LogP contribution in [0.4, 0.5) is 10.1 Å². The Bertz CT molecular complexity index is 1450. The third-order valence-corrected chi connectivity index (χ3v) is 6.01. The van der Waals surface area contributed by atoms with Gasteiger partial charge >= 0.3 is 5.97 Å². The van der Waals surface area contributed by atoms with Crippen molar-refractivity contribution in [3.8, 4) is 16.9 Å². The summed E-state index contributed by atoms with van der Waals surface area (Å²) in [6.45, 7) is 1.74. The second-order valence-electron chi connectivity index (χ2n) is 7.48. The van der Waals surface area contributed by atoms with Crippen LogP contribution in [0.3, 0.4) is 0 Å². The molecule has 0 aliphatic carbocycles. The van der Waals surface area contributed by atoms with Crippen LogP contribution < -0.4 is 5.32 Å². The number of amides is 1. The van der Waals surface area contributed by atoms with E-state index in [1.807, 2.05) is 0 Å². The van der Waals surface area contributed by atoms with Gasteiger partial charge in [0.25, 0.3) is 5.91 Å². The fourth-order valence-electron chi connectivity index (χ4n) is 3.54. The Balaban J connectivity index is 1.78. The van der Waals surface area contributed by atoms with Crippen LogP contribution in [0.2, 0.25) is 15.1 Å². The lowest BCUT2D eigenvalue weighted by atomic mass is 10.1. The highest BCUT2D eigenvalue weighted by Crippen LogP contribution is 2.33. The van der Waals surface area contributed by atoms with Gasteiger partial charge in [-0.15, -0.1) is 0 Å². The van der Waals surface area contributed by atoms with E-state index in [1.165, 1.54) is 12.1 Å². The van der Waals surface area contributed by atoms with Gasteiger partial charge < -0.3 is 10.1 Å². The molecule has 10 heteroatoms. The molecule has 178 valence electrons. The Kier molecular flexibility index (Phi) is 7.12. The Morgan fingerprint density at radius 1 is 0.971 bits per heavy atom. The third kappa shape index (κ3) is 5.03. The van der Waals surface area contributed by atoms with E-state index in [2.05, 4.69) is 15.2 Å². The monoisotopic (exact) mass is 531 g/mol. The Hall–Kier alpha value is -3.39. The van der Waals surface area contributed by atoms with Gasteiger partial charge in [0.15, 0.2) is 5.69 Å². The zero-order valence-corrected chi connectivity index (χ0v) is 20.7. The molecule has 0 atom stereocenters. The number of carbonyl (C=O) groups is 2. The lowest BCUT2D eigenvalue weighted by Gasteiger charge is -2.11. The molecule has 0 bridgehead atoms. The van der Waals surface area contributed by atoms with Crippen molar-refractivity contribution in [2.45, 2.75) is 6.92 Å². The number of benzene rings is 3. The number of rotatable bonds is 5. The van der Waals surface area contributed by atoms with E-state index < -0.39 is 17.7 Å². The van der Waals surface area contributed by atoms with E-state index in [-0.39, 0.29) is 16.9 Å². The van der Waals surface area contributed by atoms with Crippen LogP contribution in [0.1, 0.15) is 26.4 Å². The van der Waals surface area contributed by atoms with E-state index in [0.29, 0.717) is 32.0 Å². The highest BCUT2D eigenvalue weighted by atomic mass is 35.5. The minimum absolute atomic E-state index is 0.0958. The molecule has 3 aromatic carbocycles. The number of halogens is 4. The number of carbonyl (C=O) groups excluding carboxylic acids is 2. The standard InChI is InChI=1S/C25H17Cl3FN3O3/c1-13-22(24(33)30-17-8-9-18(20(29)12-17)25(34)35-2)31-32(21-10-7-16(27)11-19(21)28)23(13)14-3-5-15(26)6-4-14/h3-12H,1-2H3,(H,30,33). The molecule has 4 aromatic rings. The Labute approximate surface area is 215 Å². The van der Waals surface area contributed by atoms with Crippen LogP contribution in [0.25, 0.3) is 16.9 Å². The van der Waals surface area contributed by atoms with Crippen molar-refractivity contribution in [2.75, 3.05) is 12.4 Å². The number of ether oxygens (including phenoxy) is 1. The predicted octanol–water partition coefficient (Wildman–Crippen LogP) is 6.99. The van der Waals surface area contributed by atoms with Crippen molar-refractivity contribution in [1.82, 2.24) is 9.78 Å². The van der Waals surface area contributed by atoms with Crippen LogP contribution >= 0.6 is 34.8 Å². The summed E-state index contributed by atoms with van der Waals surface area (Å²) >= 11 is 18.6. The van der Waals surface area contributed by atoms with E-state index in [1.54, 1.807) is 54.1 Å². The number of anilines is 1. The fourth-order valence-corrected chi connectivity index (χ4v) is 4.16. The van der Waals surface area contributed by atoms with Crippen LogP contribution in [-0.2, 0) is 4.74 Å². The molecule has 4 rings (SSSR count). The highest BCUT2D eigenvalue weighted by Gasteiger charge is 2.24. The molecule has 0 radical (unpaired) electrons. The van der Waals surface area contributed by atoms with Crippen LogP contribution in [0.15, 0.2) is 60.7 Å². The largest absolute Gasteiger partial charge is 0.465 e. The van der Waals surface area contributed by atoms with E-state index in [9.17, 15) is 14.0 Å². The van der Waals surface area contributed by atoms with E-state index >= 15 is 0 Å². The first-order chi connectivity index (χ1) is 16.7. The molecule has 1 N–H and O–H groups in total. The summed E-state index contributed by atoms with van der Waals surface area (Å²) in [6, 6.07) is 15.6. The number of hydrogen-bond acceptors (Lipinski definition) is 4. The van der Waals surface area contributed by atoms with Gasteiger partial charge in [0, 0.05) is 26.9 Å². The average molecular weight is 533 g/mol. The Morgan fingerprint density at radius 2 is 1.66 bits per heavy atom. The second-order valence-corrected chi connectivity index (χ2v) is 8.76. The molecule has 1 heterocycles. The van der Waals surface area contributed by atoms with Crippen molar-refractivity contribution in [1.29, 1.82) is 0 Å². The predicted molar refractivity (Wildman–Crippen MR) is 134 cm³/mol. The molecular weight excluding hydrogens is 516 g/mol. The van der Waals surface area contributed by atoms with Gasteiger partial charge in [0.1, 0.15) is 5.82 Å². The number of nitrogens with one attached hydrogen (secondary N) is 1. The summed E-state index contributed by atoms with van der Waals surface area (Å²) in [5, 5.41) is 8.48. The molecular formula is C25H17Cl3FN3O3. The molecule has 0 aliphatic heterocycles. The molecule has 6 nitrogen and oxygen atoms in total. The molecule has 0 spiro atoms. The minimum Gasteiger partial charge on any atom is -0.465 e. The van der Waals surface area contributed by atoms with Crippen LogP contribution in [-0.4, -0.2) is 28.8 Å².